The van der Waals surface area contributed by atoms with Gasteiger partial charge >= 0.3 is 0 Å². The van der Waals surface area contributed by atoms with Crippen molar-refractivity contribution in [2.45, 2.75) is 11.7 Å². The highest BCUT2D eigenvalue weighted by Crippen LogP contribution is 2.29. The van der Waals surface area contributed by atoms with Crippen LogP contribution in [0.15, 0.2) is 29.3 Å². The van der Waals surface area contributed by atoms with E-state index in [4.69, 9.17) is 10.5 Å². The van der Waals surface area contributed by atoms with Crippen molar-refractivity contribution in [1.29, 1.82) is 0 Å². The Hall–Kier alpha value is -2.22. The summed E-state index contributed by atoms with van der Waals surface area (Å²) in [6, 6.07) is 7.86. The lowest BCUT2D eigenvalue weighted by Gasteiger charge is -2.36. The molecule has 2 amide bonds. The van der Waals surface area contributed by atoms with Gasteiger partial charge in [0.25, 0.3) is 5.91 Å². The smallest absolute Gasteiger partial charge is 0.262 e. The number of piperazine rings is 1. The Bertz CT molecular complexity index is 671. The Labute approximate surface area is 144 Å². The second-order valence-corrected chi connectivity index (χ2v) is 6.86. The minimum absolute atomic E-state index is 0.0228. The van der Waals surface area contributed by atoms with Gasteiger partial charge < -0.3 is 20.3 Å². The van der Waals surface area contributed by atoms with Gasteiger partial charge in [0.2, 0.25) is 5.91 Å². The third kappa shape index (κ3) is 3.48. The van der Waals surface area contributed by atoms with Crippen LogP contribution >= 0.6 is 11.8 Å². The van der Waals surface area contributed by atoms with E-state index in [0.29, 0.717) is 13.1 Å². The SMILES string of the molecule is COc1ccccc1N1CCN(C(=O)C[C@H]2SC(N)=NC2=O)CC1. The number of nitrogens with two attached hydrogens (primary N) is 1. The molecule has 1 atom stereocenters. The number of rotatable bonds is 4. The topological polar surface area (TPSA) is 88.2 Å². The van der Waals surface area contributed by atoms with Gasteiger partial charge in [0.15, 0.2) is 5.17 Å². The largest absolute Gasteiger partial charge is 0.495 e. The number of carbonyl (C=O) groups excluding carboxylic acids is 2. The maximum Gasteiger partial charge on any atom is 0.262 e. The van der Waals surface area contributed by atoms with Gasteiger partial charge in [-0.25, -0.2) is 0 Å². The van der Waals surface area contributed by atoms with E-state index in [-0.39, 0.29) is 23.4 Å². The highest BCUT2D eigenvalue weighted by atomic mass is 32.2. The molecule has 0 aliphatic carbocycles. The molecule has 0 unspecified atom stereocenters. The van der Waals surface area contributed by atoms with Gasteiger partial charge in [-0.2, -0.15) is 4.99 Å². The Kier molecular flexibility index (Phi) is 4.94. The number of carbonyl (C=O) groups is 2. The molecule has 1 fully saturated rings. The predicted molar refractivity (Wildman–Crippen MR) is 94.4 cm³/mol. The Morgan fingerprint density at radius 1 is 1.33 bits per heavy atom. The fourth-order valence-electron chi connectivity index (χ4n) is 2.91. The van der Waals surface area contributed by atoms with Gasteiger partial charge in [-0.1, -0.05) is 23.9 Å². The molecule has 7 nitrogen and oxygen atoms in total. The van der Waals surface area contributed by atoms with E-state index in [9.17, 15) is 9.59 Å². The number of ether oxygens (including phenoxy) is 1. The minimum atomic E-state index is -0.468. The highest BCUT2D eigenvalue weighted by Gasteiger charge is 2.32. The van der Waals surface area contributed by atoms with Crippen LogP contribution in [0.25, 0.3) is 0 Å². The van der Waals surface area contributed by atoms with Crippen LogP contribution < -0.4 is 15.4 Å². The average Bonchev–Trinajstić information content (AvgIpc) is 2.92. The van der Waals surface area contributed by atoms with Crippen LogP contribution in [0.5, 0.6) is 5.75 Å². The van der Waals surface area contributed by atoms with Crippen molar-refractivity contribution in [2.24, 2.45) is 10.7 Å². The molecular weight excluding hydrogens is 328 g/mol. The van der Waals surface area contributed by atoms with Crippen molar-refractivity contribution in [2.75, 3.05) is 38.2 Å². The number of amidine groups is 1. The second kappa shape index (κ2) is 7.12. The van der Waals surface area contributed by atoms with Gasteiger partial charge in [-0.15, -0.1) is 0 Å². The molecule has 1 aromatic rings. The Morgan fingerprint density at radius 3 is 2.67 bits per heavy atom. The summed E-state index contributed by atoms with van der Waals surface area (Å²) in [6.07, 6.45) is 0.155. The molecule has 2 aliphatic rings. The van der Waals surface area contributed by atoms with Crippen LogP contribution in [0, 0.1) is 0 Å². The normalized spacial score (nSPS) is 21.0. The molecule has 24 heavy (non-hydrogen) atoms. The van der Waals surface area contributed by atoms with Gasteiger partial charge in [-0.3, -0.25) is 9.59 Å². The van der Waals surface area contributed by atoms with Gasteiger partial charge in [-0.05, 0) is 12.1 Å². The maximum absolute atomic E-state index is 12.4. The lowest BCUT2D eigenvalue weighted by Crippen LogP contribution is -2.49. The maximum atomic E-state index is 12.4. The van der Waals surface area contributed by atoms with Crippen LogP contribution in [0.2, 0.25) is 0 Å². The lowest BCUT2D eigenvalue weighted by molar-refractivity contribution is -0.133. The van der Waals surface area contributed by atoms with E-state index in [1.165, 1.54) is 11.8 Å². The van der Waals surface area contributed by atoms with Crippen molar-refractivity contribution in [3.8, 4) is 5.75 Å². The van der Waals surface area contributed by atoms with E-state index in [1.807, 2.05) is 24.3 Å². The van der Waals surface area contributed by atoms with Gasteiger partial charge in [0.05, 0.1) is 12.8 Å². The molecule has 0 saturated carbocycles. The van der Waals surface area contributed by atoms with Crippen molar-refractivity contribution >= 4 is 34.4 Å². The summed E-state index contributed by atoms with van der Waals surface area (Å²) < 4.78 is 5.40. The zero-order valence-corrected chi connectivity index (χ0v) is 14.3. The van der Waals surface area contributed by atoms with Crippen LogP contribution in [0.3, 0.4) is 0 Å². The molecule has 0 aromatic heterocycles. The summed E-state index contributed by atoms with van der Waals surface area (Å²) >= 11 is 1.17. The number of hydrogen-bond donors (Lipinski definition) is 1. The number of para-hydroxylation sites is 2. The molecule has 0 spiro atoms. The molecule has 2 N–H and O–H groups in total. The van der Waals surface area contributed by atoms with E-state index in [0.717, 1.165) is 24.5 Å². The first-order valence-corrected chi connectivity index (χ1v) is 8.67. The molecule has 0 bridgehead atoms. The average molecular weight is 348 g/mol. The first kappa shape index (κ1) is 16.6. The summed E-state index contributed by atoms with van der Waals surface area (Å²) in [7, 11) is 1.66. The third-order valence-electron chi connectivity index (χ3n) is 4.18. The third-order valence-corrected chi connectivity index (χ3v) is 5.16. The molecule has 2 heterocycles. The minimum Gasteiger partial charge on any atom is -0.495 e. The number of thioether (sulfide) groups is 1. The number of benzene rings is 1. The fourth-order valence-corrected chi connectivity index (χ4v) is 3.72. The predicted octanol–water partition coefficient (Wildman–Crippen LogP) is 0.691. The zero-order valence-electron chi connectivity index (χ0n) is 13.5. The first-order chi connectivity index (χ1) is 11.6. The summed E-state index contributed by atoms with van der Waals surface area (Å²) in [4.78, 5) is 31.7. The second-order valence-electron chi connectivity index (χ2n) is 5.64. The molecule has 1 aromatic carbocycles. The number of methoxy groups -OCH3 is 1. The molecule has 3 rings (SSSR count). The fraction of sp³-hybridized carbons (Fsp3) is 0.438. The highest BCUT2D eigenvalue weighted by molar-refractivity contribution is 8.15. The van der Waals surface area contributed by atoms with Crippen molar-refractivity contribution in [3.63, 3.8) is 0 Å². The van der Waals surface area contributed by atoms with E-state index < -0.39 is 5.25 Å². The zero-order chi connectivity index (χ0) is 17.1. The van der Waals surface area contributed by atoms with E-state index in [2.05, 4.69) is 9.89 Å². The van der Waals surface area contributed by atoms with Gasteiger partial charge in [0, 0.05) is 32.6 Å². The molecule has 0 radical (unpaired) electrons. The van der Waals surface area contributed by atoms with Crippen LogP contribution in [-0.2, 0) is 9.59 Å². The van der Waals surface area contributed by atoms with Crippen molar-refractivity contribution in [1.82, 2.24) is 4.90 Å². The lowest BCUT2D eigenvalue weighted by atomic mass is 10.2. The van der Waals surface area contributed by atoms with Crippen molar-refractivity contribution in [3.05, 3.63) is 24.3 Å². The van der Waals surface area contributed by atoms with E-state index in [1.54, 1.807) is 12.0 Å². The molecule has 8 heteroatoms. The Balaban J connectivity index is 1.55. The van der Waals surface area contributed by atoms with Crippen LogP contribution in [-0.4, -0.2) is 60.4 Å². The van der Waals surface area contributed by atoms with E-state index >= 15 is 0 Å². The number of nitrogens with zero attached hydrogens (tertiary/aromatic N) is 3. The van der Waals surface area contributed by atoms with Crippen molar-refractivity contribution < 1.29 is 14.3 Å². The van der Waals surface area contributed by atoms with Crippen LogP contribution in [0.4, 0.5) is 5.69 Å². The molecule has 2 aliphatic heterocycles. The molecule has 128 valence electrons. The number of hydrogen-bond acceptors (Lipinski definition) is 6. The summed E-state index contributed by atoms with van der Waals surface area (Å²) in [5.41, 5.74) is 6.57. The number of anilines is 1. The van der Waals surface area contributed by atoms with Crippen LogP contribution in [0.1, 0.15) is 6.42 Å². The molecule has 1 saturated heterocycles. The summed E-state index contributed by atoms with van der Waals surface area (Å²) in [6.45, 7) is 2.71. The quantitative estimate of drug-likeness (QED) is 0.861. The monoisotopic (exact) mass is 348 g/mol. The number of aliphatic imine (C=N–C) groups is 1. The standard InChI is InChI=1S/C16H20N4O3S/c1-23-12-5-3-2-4-11(12)19-6-8-20(9-7-19)14(21)10-13-15(22)18-16(17)24-13/h2-5,13H,6-10H2,1H3,(H2,17,18,22)/t13-/m1/s1. The first-order valence-electron chi connectivity index (χ1n) is 7.79. The van der Waals surface area contributed by atoms with Gasteiger partial charge in [0.1, 0.15) is 11.0 Å². The summed E-state index contributed by atoms with van der Waals surface area (Å²) in [5, 5.41) is -0.219. The molecular formula is C16H20N4O3S. The number of amides is 2. The summed E-state index contributed by atoms with van der Waals surface area (Å²) in [5.74, 6) is 0.502. The Morgan fingerprint density at radius 2 is 2.04 bits per heavy atom.